The maximum Gasteiger partial charge on any atom is 0.273 e. The molecule has 1 aliphatic rings. The van der Waals surface area contributed by atoms with Crippen LogP contribution in [0, 0.1) is 17.3 Å². The summed E-state index contributed by atoms with van der Waals surface area (Å²) in [5.41, 5.74) is 2.30. The van der Waals surface area contributed by atoms with Crippen molar-refractivity contribution < 1.29 is 9.18 Å². The van der Waals surface area contributed by atoms with Gasteiger partial charge in [-0.2, -0.15) is 5.26 Å². The van der Waals surface area contributed by atoms with E-state index in [0.29, 0.717) is 25.1 Å². The Hall–Kier alpha value is -3.40. The van der Waals surface area contributed by atoms with Crippen molar-refractivity contribution in [1.29, 1.82) is 5.26 Å². The zero-order valence-electron chi connectivity index (χ0n) is 14.8. The molecule has 1 aliphatic heterocycles. The van der Waals surface area contributed by atoms with Gasteiger partial charge in [0.15, 0.2) is 17.7 Å². The summed E-state index contributed by atoms with van der Waals surface area (Å²) in [5, 5.41) is 12.6. The highest BCUT2D eigenvalue weighted by molar-refractivity contribution is 5.96. The number of fused-ring (bicyclic) bond motifs is 1. The molecule has 0 saturated carbocycles. The molecular weight excluding hydrogens is 345 g/mol. The molecule has 7 heteroatoms. The monoisotopic (exact) mass is 363 g/mol. The number of amides is 1. The van der Waals surface area contributed by atoms with Crippen LogP contribution in [0.25, 0.3) is 22.0 Å². The van der Waals surface area contributed by atoms with Crippen LogP contribution in [-0.4, -0.2) is 39.5 Å². The van der Waals surface area contributed by atoms with E-state index in [2.05, 4.69) is 16.5 Å². The van der Waals surface area contributed by atoms with E-state index in [-0.39, 0.29) is 11.7 Å². The lowest BCUT2D eigenvalue weighted by Crippen LogP contribution is -2.37. The standard InChI is InChI=1S/C20H18FN5O/c1-25-7-6-16-15(3-2-4-18(16)25)13-9-17(21)19(23-10-13)20(27)24-14-5-8-26(11-14)12-22/h2-4,6-7,9-10,14H,5,8,11H2,1H3,(H,24,27)/t14-/m1/s1. The third-order valence-corrected chi connectivity index (χ3v) is 4.96. The first-order valence-electron chi connectivity index (χ1n) is 8.72. The van der Waals surface area contributed by atoms with Crippen LogP contribution in [0.3, 0.4) is 0 Å². The highest BCUT2D eigenvalue weighted by Crippen LogP contribution is 2.29. The Bertz CT molecular complexity index is 1070. The molecule has 6 nitrogen and oxygen atoms in total. The molecule has 136 valence electrons. The zero-order chi connectivity index (χ0) is 19.0. The Kier molecular flexibility index (Phi) is 4.24. The summed E-state index contributed by atoms with van der Waals surface area (Å²) in [7, 11) is 1.95. The minimum Gasteiger partial charge on any atom is -0.351 e. The van der Waals surface area contributed by atoms with E-state index in [4.69, 9.17) is 5.26 Å². The fourth-order valence-corrected chi connectivity index (χ4v) is 3.53. The molecule has 0 spiro atoms. The smallest absolute Gasteiger partial charge is 0.273 e. The summed E-state index contributed by atoms with van der Waals surface area (Å²) in [4.78, 5) is 18.0. The summed E-state index contributed by atoms with van der Waals surface area (Å²) >= 11 is 0. The molecule has 1 N–H and O–H groups in total. The van der Waals surface area contributed by atoms with Gasteiger partial charge in [0.05, 0.1) is 0 Å². The zero-order valence-corrected chi connectivity index (χ0v) is 14.8. The van der Waals surface area contributed by atoms with E-state index in [9.17, 15) is 9.18 Å². The molecular formula is C20H18FN5O. The topological polar surface area (TPSA) is 74.0 Å². The molecule has 0 unspecified atom stereocenters. The third-order valence-electron chi connectivity index (χ3n) is 4.96. The Labute approximate surface area is 155 Å². The van der Waals surface area contributed by atoms with Crippen molar-refractivity contribution in [3.8, 4) is 17.3 Å². The number of rotatable bonds is 3. The number of carbonyl (C=O) groups is 1. The predicted molar refractivity (Wildman–Crippen MR) is 99.2 cm³/mol. The van der Waals surface area contributed by atoms with Crippen LogP contribution in [-0.2, 0) is 7.05 Å². The van der Waals surface area contributed by atoms with Crippen LogP contribution < -0.4 is 5.32 Å². The molecule has 2 aromatic heterocycles. The quantitative estimate of drug-likeness (QED) is 0.726. The second-order valence-corrected chi connectivity index (χ2v) is 6.72. The molecule has 27 heavy (non-hydrogen) atoms. The minimum absolute atomic E-state index is 0.170. The predicted octanol–water partition coefficient (Wildman–Crippen LogP) is 2.66. The first-order valence-corrected chi connectivity index (χ1v) is 8.72. The second-order valence-electron chi connectivity index (χ2n) is 6.72. The molecule has 1 fully saturated rings. The molecule has 0 radical (unpaired) electrons. The Morgan fingerprint density at radius 3 is 3.00 bits per heavy atom. The molecule has 3 heterocycles. The minimum atomic E-state index is -0.659. The van der Waals surface area contributed by atoms with Crippen LogP contribution in [0.4, 0.5) is 4.39 Å². The fourth-order valence-electron chi connectivity index (χ4n) is 3.53. The number of pyridine rings is 1. The third kappa shape index (κ3) is 3.10. The number of nitrogens with one attached hydrogen (secondary N) is 1. The molecule has 1 amide bonds. The summed E-state index contributed by atoms with van der Waals surface area (Å²) in [5.74, 6) is -1.21. The Morgan fingerprint density at radius 2 is 2.26 bits per heavy atom. The number of aryl methyl sites for hydroxylation is 1. The SMILES string of the molecule is Cn1ccc2c(-c3cnc(C(=O)N[C@@H]4CCN(C#N)C4)c(F)c3)cccc21. The number of hydrogen-bond acceptors (Lipinski definition) is 4. The van der Waals surface area contributed by atoms with E-state index >= 15 is 0 Å². The van der Waals surface area contributed by atoms with Crippen molar-refractivity contribution in [1.82, 2.24) is 19.8 Å². The molecule has 4 rings (SSSR count). The summed E-state index contributed by atoms with van der Waals surface area (Å²) < 4.78 is 16.6. The largest absolute Gasteiger partial charge is 0.351 e. The van der Waals surface area contributed by atoms with Crippen LogP contribution in [0.2, 0.25) is 0 Å². The number of likely N-dealkylation sites (tertiary alicyclic amines) is 1. The van der Waals surface area contributed by atoms with Crippen molar-refractivity contribution in [2.24, 2.45) is 7.05 Å². The van der Waals surface area contributed by atoms with Gasteiger partial charge in [0.2, 0.25) is 0 Å². The number of halogens is 1. The van der Waals surface area contributed by atoms with Gasteiger partial charge in [-0.25, -0.2) is 9.37 Å². The fraction of sp³-hybridized carbons (Fsp3) is 0.250. The molecule has 1 atom stereocenters. The van der Waals surface area contributed by atoms with Gasteiger partial charge >= 0.3 is 0 Å². The maximum absolute atomic E-state index is 14.6. The molecule has 0 aliphatic carbocycles. The van der Waals surface area contributed by atoms with Gasteiger partial charge in [-0.15, -0.1) is 0 Å². The van der Waals surface area contributed by atoms with Crippen molar-refractivity contribution in [3.63, 3.8) is 0 Å². The lowest BCUT2D eigenvalue weighted by atomic mass is 10.0. The van der Waals surface area contributed by atoms with Gasteiger partial charge < -0.3 is 14.8 Å². The van der Waals surface area contributed by atoms with Crippen LogP contribution in [0.1, 0.15) is 16.9 Å². The highest BCUT2D eigenvalue weighted by atomic mass is 19.1. The van der Waals surface area contributed by atoms with Gasteiger partial charge in [-0.1, -0.05) is 12.1 Å². The van der Waals surface area contributed by atoms with Crippen molar-refractivity contribution in [3.05, 3.63) is 54.2 Å². The lowest BCUT2D eigenvalue weighted by molar-refractivity contribution is 0.0929. The average Bonchev–Trinajstić information content (AvgIpc) is 3.28. The maximum atomic E-state index is 14.6. The number of hydrogen-bond donors (Lipinski definition) is 1. The number of benzene rings is 1. The summed E-state index contributed by atoms with van der Waals surface area (Å²) in [6, 6.07) is 8.97. The summed E-state index contributed by atoms with van der Waals surface area (Å²) in [6.07, 6.45) is 6.19. The van der Waals surface area contributed by atoms with E-state index in [1.165, 1.54) is 12.3 Å². The second kappa shape index (κ2) is 6.72. The van der Waals surface area contributed by atoms with Crippen LogP contribution in [0.15, 0.2) is 42.7 Å². The molecule has 3 aromatic rings. The first kappa shape index (κ1) is 17.0. The Morgan fingerprint density at radius 1 is 1.41 bits per heavy atom. The van der Waals surface area contributed by atoms with E-state index < -0.39 is 11.7 Å². The van der Waals surface area contributed by atoms with Gasteiger partial charge in [0, 0.05) is 55.0 Å². The normalized spacial score (nSPS) is 16.5. The highest BCUT2D eigenvalue weighted by Gasteiger charge is 2.25. The van der Waals surface area contributed by atoms with Gasteiger partial charge in [-0.05, 0) is 30.2 Å². The van der Waals surface area contributed by atoms with E-state index in [1.54, 1.807) is 4.90 Å². The number of nitriles is 1. The number of aromatic nitrogens is 2. The Balaban J connectivity index is 1.59. The van der Waals surface area contributed by atoms with E-state index in [0.717, 1.165) is 16.5 Å². The van der Waals surface area contributed by atoms with Crippen LogP contribution >= 0.6 is 0 Å². The molecule has 0 bridgehead atoms. The van der Waals surface area contributed by atoms with Gasteiger partial charge in [-0.3, -0.25) is 4.79 Å². The van der Waals surface area contributed by atoms with Crippen LogP contribution in [0.5, 0.6) is 0 Å². The lowest BCUT2D eigenvalue weighted by Gasteiger charge is -2.12. The van der Waals surface area contributed by atoms with Gasteiger partial charge in [0.1, 0.15) is 0 Å². The van der Waals surface area contributed by atoms with Crippen molar-refractivity contribution in [2.75, 3.05) is 13.1 Å². The molecule has 1 saturated heterocycles. The number of nitrogens with zero attached hydrogens (tertiary/aromatic N) is 4. The number of carbonyl (C=O) groups excluding carboxylic acids is 1. The van der Waals surface area contributed by atoms with Crippen molar-refractivity contribution in [2.45, 2.75) is 12.5 Å². The van der Waals surface area contributed by atoms with E-state index in [1.807, 2.05) is 42.1 Å². The van der Waals surface area contributed by atoms with Crippen molar-refractivity contribution >= 4 is 16.8 Å². The molecule has 1 aromatic carbocycles. The van der Waals surface area contributed by atoms with Gasteiger partial charge in [0.25, 0.3) is 5.91 Å². The average molecular weight is 363 g/mol. The first-order chi connectivity index (χ1) is 13.1. The summed E-state index contributed by atoms with van der Waals surface area (Å²) in [6.45, 7) is 1.04.